The molecule has 3 aromatic carbocycles. The summed E-state index contributed by atoms with van der Waals surface area (Å²) in [6.45, 7) is 7.42. The first-order valence-corrected chi connectivity index (χ1v) is 21.8. The topological polar surface area (TPSA) is 193 Å². The highest BCUT2D eigenvalue weighted by Gasteiger charge is 2.43. The zero-order chi connectivity index (χ0) is 43.2. The number of carbonyl (C=O) groups is 4. The molecule has 0 aliphatic carbocycles. The molecule has 3 saturated heterocycles. The van der Waals surface area contributed by atoms with Crippen LogP contribution in [0.5, 0.6) is 5.75 Å². The van der Waals surface area contributed by atoms with E-state index in [1.807, 2.05) is 42.8 Å². The number of imidazole rings is 2. The second-order valence-corrected chi connectivity index (χ2v) is 17.0. The first-order chi connectivity index (χ1) is 30.1. The smallest absolute Gasteiger partial charge is 0.407 e. The second-order valence-electron chi connectivity index (χ2n) is 17.0. The molecular weight excluding hydrogens is 793 g/mol. The number of likely N-dealkylation sites (tertiary alicyclic amines) is 2. The number of fused-ring (bicyclic) bond motifs is 6. The molecule has 4 aliphatic heterocycles. The molecule has 2 aromatic heterocycles. The average molecular weight is 847 g/mol. The Morgan fingerprint density at radius 1 is 0.823 bits per heavy atom. The van der Waals surface area contributed by atoms with Crippen molar-refractivity contribution in [2.24, 2.45) is 5.92 Å². The summed E-state index contributed by atoms with van der Waals surface area (Å²) in [5.41, 5.74) is 6.59. The molecule has 4 amide bonds. The van der Waals surface area contributed by atoms with Crippen LogP contribution in [-0.2, 0) is 30.4 Å². The van der Waals surface area contributed by atoms with Crippen molar-refractivity contribution < 1.29 is 38.1 Å². The Balaban J connectivity index is 0.958. The van der Waals surface area contributed by atoms with Gasteiger partial charge in [-0.1, -0.05) is 25.1 Å². The van der Waals surface area contributed by atoms with Crippen LogP contribution in [0.1, 0.15) is 95.0 Å². The van der Waals surface area contributed by atoms with E-state index in [-0.39, 0.29) is 41.9 Å². The third-order valence-corrected chi connectivity index (χ3v) is 13.4. The maximum atomic E-state index is 14.3. The molecule has 4 N–H and O–H groups in total. The molecule has 62 heavy (non-hydrogen) atoms. The van der Waals surface area contributed by atoms with E-state index in [0.717, 1.165) is 81.2 Å². The lowest BCUT2D eigenvalue weighted by molar-refractivity contribution is -0.139. The van der Waals surface area contributed by atoms with Crippen molar-refractivity contribution in [3.63, 3.8) is 0 Å². The Bertz CT molecular complexity index is 2530. The van der Waals surface area contributed by atoms with Gasteiger partial charge in [0.15, 0.2) is 0 Å². The fourth-order valence-electron chi connectivity index (χ4n) is 10.0. The zero-order valence-electron chi connectivity index (χ0n) is 35.8. The van der Waals surface area contributed by atoms with Gasteiger partial charge >= 0.3 is 12.2 Å². The van der Waals surface area contributed by atoms with Crippen LogP contribution in [-0.4, -0.2) is 105 Å². The van der Waals surface area contributed by atoms with E-state index in [9.17, 15) is 19.2 Å². The Labute approximate surface area is 359 Å². The highest BCUT2D eigenvalue weighted by atomic mass is 16.5. The Hall–Kier alpha value is -6.16. The van der Waals surface area contributed by atoms with Gasteiger partial charge in [0.25, 0.3) is 0 Å². The number of nitrogens with one attached hydrogen (secondary N) is 4. The summed E-state index contributed by atoms with van der Waals surface area (Å²) in [6, 6.07) is 12.7. The number of ether oxygens (including phenoxy) is 4. The molecule has 6 atom stereocenters. The largest absolute Gasteiger partial charge is 0.488 e. The third-order valence-electron chi connectivity index (χ3n) is 13.4. The number of carbonyl (C=O) groups excluding carboxylic acids is 4. The minimum absolute atomic E-state index is 0.0158. The number of rotatable bonds is 9. The maximum Gasteiger partial charge on any atom is 0.407 e. The number of methoxy groups -OCH3 is 2. The fraction of sp³-hybridized carbons (Fsp3) is 0.478. The quantitative estimate of drug-likeness (QED) is 0.119. The summed E-state index contributed by atoms with van der Waals surface area (Å²) in [4.78, 5) is 73.2. The average Bonchev–Trinajstić information content (AvgIpc) is 4.12. The molecule has 16 heteroatoms. The molecule has 0 saturated carbocycles. The van der Waals surface area contributed by atoms with Crippen LogP contribution < -0.4 is 15.4 Å². The molecule has 0 bridgehead atoms. The van der Waals surface area contributed by atoms with Gasteiger partial charge in [0.05, 0.1) is 49.2 Å². The van der Waals surface area contributed by atoms with Gasteiger partial charge in [-0.25, -0.2) is 19.6 Å². The number of hydrogen-bond donors (Lipinski definition) is 4. The van der Waals surface area contributed by atoms with Crippen molar-refractivity contribution in [1.82, 2.24) is 40.4 Å². The van der Waals surface area contributed by atoms with E-state index >= 15 is 0 Å². The number of aromatic amines is 2. The van der Waals surface area contributed by atoms with Crippen molar-refractivity contribution in [1.29, 1.82) is 0 Å². The SMILES string of the molecule is CCC(NC(=O)OC)C(=O)N1C(C)CCC1c1nc2c(ccc3cc4c(cc32)OCc2cc(-c3cnc(C5CCC(C)N5C(=O)C(NC(=O)OC)C5CCOCC5)[nH]3)ccc2-4)[nH]1. The first-order valence-electron chi connectivity index (χ1n) is 21.8. The van der Waals surface area contributed by atoms with Gasteiger partial charge in [-0.3, -0.25) is 9.59 Å². The van der Waals surface area contributed by atoms with Gasteiger partial charge in [-0.05, 0) is 111 Å². The number of alkyl carbamates (subject to hydrolysis) is 2. The van der Waals surface area contributed by atoms with E-state index in [4.69, 9.17) is 28.9 Å². The fourth-order valence-corrected chi connectivity index (χ4v) is 10.0. The predicted octanol–water partition coefficient (Wildman–Crippen LogP) is 7.06. The summed E-state index contributed by atoms with van der Waals surface area (Å²) in [6.07, 6.45) is 5.51. The van der Waals surface area contributed by atoms with Crippen molar-refractivity contribution in [2.45, 2.75) is 109 Å². The van der Waals surface area contributed by atoms with Crippen LogP contribution >= 0.6 is 0 Å². The highest BCUT2D eigenvalue weighted by Crippen LogP contribution is 2.44. The number of benzene rings is 3. The summed E-state index contributed by atoms with van der Waals surface area (Å²) in [5.74, 6) is 1.87. The Morgan fingerprint density at radius 3 is 2.26 bits per heavy atom. The first kappa shape index (κ1) is 41.2. The summed E-state index contributed by atoms with van der Waals surface area (Å²) >= 11 is 0. The van der Waals surface area contributed by atoms with Crippen LogP contribution in [0.25, 0.3) is 44.2 Å². The van der Waals surface area contributed by atoms with Crippen molar-refractivity contribution in [3.05, 3.63) is 65.9 Å². The van der Waals surface area contributed by atoms with E-state index in [0.29, 0.717) is 50.7 Å². The zero-order valence-corrected chi connectivity index (χ0v) is 35.8. The molecule has 0 radical (unpaired) electrons. The Kier molecular flexibility index (Phi) is 11.3. The van der Waals surface area contributed by atoms with Gasteiger partial charge in [-0.15, -0.1) is 0 Å². The normalized spacial score (nSPS) is 22.1. The van der Waals surface area contributed by atoms with Gasteiger partial charge in [0.1, 0.15) is 36.1 Å². The lowest BCUT2D eigenvalue weighted by Gasteiger charge is -2.36. The van der Waals surface area contributed by atoms with E-state index in [1.165, 1.54) is 14.2 Å². The van der Waals surface area contributed by atoms with Crippen molar-refractivity contribution in [3.8, 4) is 28.1 Å². The molecule has 9 rings (SSSR count). The molecule has 6 unspecified atom stereocenters. The molecular formula is C46H54N8O8. The maximum absolute atomic E-state index is 14.3. The standard InChI is InChI=1S/C46H54N8O8/c1-6-33(50-45(57)59-4)43(55)53-24(2)8-14-37(53)42-48-34-12-10-27-20-32-30-11-9-28(19-29(30)23-62-38(32)21-31(27)40(34)51-42)35-22-47-41(49-35)36-13-7-25(3)54(36)44(56)39(52-46(58)60-5)26-15-17-61-18-16-26/h9-12,19-22,24-26,33,36-37,39H,6-8,13-18,23H2,1-5H3,(H,47,49)(H,48,51)(H,50,57)(H,52,58). The van der Waals surface area contributed by atoms with Gasteiger partial charge in [0, 0.05) is 36.2 Å². The predicted molar refractivity (Wildman–Crippen MR) is 230 cm³/mol. The van der Waals surface area contributed by atoms with Crippen LogP contribution in [0.2, 0.25) is 0 Å². The molecule has 3 fully saturated rings. The number of hydrogen-bond acceptors (Lipinski definition) is 10. The van der Waals surface area contributed by atoms with Crippen molar-refractivity contribution >= 4 is 45.8 Å². The molecule has 16 nitrogen and oxygen atoms in total. The summed E-state index contributed by atoms with van der Waals surface area (Å²) in [5, 5.41) is 7.49. The van der Waals surface area contributed by atoms with Gasteiger partial charge < -0.3 is 49.3 Å². The van der Waals surface area contributed by atoms with Crippen LogP contribution in [0.4, 0.5) is 9.59 Å². The lowest BCUT2D eigenvalue weighted by atomic mass is 9.90. The molecule has 326 valence electrons. The summed E-state index contributed by atoms with van der Waals surface area (Å²) in [7, 11) is 2.60. The van der Waals surface area contributed by atoms with Crippen LogP contribution in [0, 0.1) is 5.92 Å². The number of H-pyrrole nitrogens is 2. The Morgan fingerprint density at radius 2 is 1.53 bits per heavy atom. The van der Waals surface area contributed by atoms with Crippen LogP contribution in [0.15, 0.2) is 48.7 Å². The summed E-state index contributed by atoms with van der Waals surface area (Å²) < 4.78 is 21.7. The van der Waals surface area contributed by atoms with E-state index in [2.05, 4.69) is 57.0 Å². The number of amides is 4. The lowest BCUT2D eigenvalue weighted by Crippen LogP contribution is -2.54. The second kappa shape index (κ2) is 17.0. The minimum atomic E-state index is -0.714. The van der Waals surface area contributed by atoms with Crippen LogP contribution in [0.3, 0.4) is 0 Å². The minimum Gasteiger partial charge on any atom is -0.488 e. The molecule has 0 spiro atoms. The third kappa shape index (κ3) is 7.47. The van der Waals surface area contributed by atoms with Gasteiger partial charge in [-0.2, -0.15) is 0 Å². The number of nitrogens with zero attached hydrogens (tertiary/aromatic N) is 4. The molecule has 6 heterocycles. The highest BCUT2D eigenvalue weighted by molar-refractivity contribution is 6.07. The van der Waals surface area contributed by atoms with Gasteiger partial charge in [0.2, 0.25) is 11.8 Å². The molecule has 4 aliphatic rings. The number of aromatic nitrogens is 4. The van der Waals surface area contributed by atoms with E-state index < -0.39 is 24.3 Å². The molecule has 5 aromatic rings. The van der Waals surface area contributed by atoms with Crippen molar-refractivity contribution in [2.75, 3.05) is 27.4 Å². The van der Waals surface area contributed by atoms with E-state index in [1.54, 1.807) is 0 Å². The monoisotopic (exact) mass is 846 g/mol.